The molecule has 0 heterocycles. The summed E-state index contributed by atoms with van der Waals surface area (Å²) in [5.41, 5.74) is 12.7. The van der Waals surface area contributed by atoms with Crippen LogP contribution in [0.2, 0.25) is 0 Å². The standard InChI is InChI=1S/C50H52O8/c1-51-43-27-39-21-40-28-44(52-2)36(24-48(40)56-6)19-33-13-15-34(16-14-33)20-38-26-50(58-8)42(30-46(38)54-4)22-41-29-45(53-3)37(25-49(41)57-7)18-32-11-9-31(10-12-32)17-35(43)23-47(39)55-5/h9-16,23-30H,17-22H2,1-8H3. The van der Waals surface area contributed by atoms with Crippen LogP contribution >= 0.6 is 0 Å². The molecule has 0 fully saturated rings. The van der Waals surface area contributed by atoms with E-state index in [0.29, 0.717) is 38.5 Å². The second-order valence-corrected chi connectivity index (χ2v) is 14.6. The first-order valence-electron chi connectivity index (χ1n) is 19.4. The molecule has 6 aromatic rings. The van der Waals surface area contributed by atoms with Crippen molar-refractivity contribution in [2.24, 2.45) is 0 Å². The van der Waals surface area contributed by atoms with Crippen molar-refractivity contribution in [3.05, 3.63) is 164 Å². The van der Waals surface area contributed by atoms with E-state index < -0.39 is 0 Å². The molecule has 8 nitrogen and oxygen atoms in total. The summed E-state index contributed by atoms with van der Waals surface area (Å²) in [6.07, 6.45) is 3.82. The van der Waals surface area contributed by atoms with Gasteiger partial charge < -0.3 is 37.9 Å². The number of hydrogen-bond donors (Lipinski definition) is 0. The van der Waals surface area contributed by atoms with Crippen LogP contribution in [0, 0.1) is 0 Å². The molecule has 0 aromatic heterocycles. The van der Waals surface area contributed by atoms with E-state index in [2.05, 4.69) is 97.1 Å². The van der Waals surface area contributed by atoms with E-state index in [0.717, 1.165) is 113 Å². The lowest BCUT2D eigenvalue weighted by atomic mass is 9.93. The van der Waals surface area contributed by atoms with Crippen molar-refractivity contribution in [1.82, 2.24) is 0 Å². The fourth-order valence-corrected chi connectivity index (χ4v) is 8.04. The van der Waals surface area contributed by atoms with Gasteiger partial charge in [-0.2, -0.15) is 0 Å². The summed E-state index contributed by atoms with van der Waals surface area (Å²) in [4.78, 5) is 0. The monoisotopic (exact) mass is 780 g/mol. The van der Waals surface area contributed by atoms with Gasteiger partial charge in [0.1, 0.15) is 46.0 Å². The normalized spacial score (nSPS) is 12.4. The number of methoxy groups -OCH3 is 8. The van der Waals surface area contributed by atoms with Gasteiger partial charge >= 0.3 is 0 Å². The zero-order valence-corrected chi connectivity index (χ0v) is 34.7. The van der Waals surface area contributed by atoms with Gasteiger partial charge in [0.2, 0.25) is 0 Å². The number of ether oxygens (including phenoxy) is 8. The molecular weight excluding hydrogens is 729 g/mol. The summed E-state index contributed by atoms with van der Waals surface area (Å²) < 4.78 is 47.8. The Morgan fingerprint density at radius 1 is 0.224 bits per heavy atom. The van der Waals surface area contributed by atoms with Crippen LogP contribution in [0.25, 0.3) is 0 Å². The van der Waals surface area contributed by atoms with Crippen LogP contribution < -0.4 is 37.9 Å². The first-order chi connectivity index (χ1) is 28.3. The van der Waals surface area contributed by atoms with Gasteiger partial charge in [0.25, 0.3) is 0 Å². The van der Waals surface area contributed by atoms with Crippen LogP contribution in [-0.2, 0) is 38.5 Å². The average Bonchev–Trinajstić information content (AvgIpc) is 3.25. The number of rotatable bonds is 8. The molecule has 0 radical (unpaired) electrons. The molecule has 22 rings (SSSR count). The van der Waals surface area contributed by atoms with Gasteiger partial charge in [0.05, 0.1) is 56.9 Å². The van der Waals surface area contributed by atoms with Gasteiger partial charge in [-0.05, 0) is 70.8 Å². The van der Waals surface area contributed by atoms with E-state index in [-0.39, 0.29) is 0 Å². The van der Waals surface area contributed by atoms with Crippen molar-refractivity contribution >= 4 is 0 Å². The summed E-state index contributed by atoms with van der Waals surface area (Å²) in [6, 6.07) is 34.0. The summed E-state index contributed by atoms with van der Waals surface area (Å²) in [7, 11) is 13.7. The topological polar surface area (TPSA) is 73.8 Å². The van der Waals surface area contributed by atoms with Crippen LogP contribution in [0.15, 0.2) is 97.1 Å². The molecule has 12 bridgehead atoms. The van der Waals surface area contributed by atoms with Gasteiger partial charge in [0.15, 0.2) is 0 Å². The molecule has 8 heteroatoms. The lowest BCUT2D eigenvalue weighted by molar-refractivity contribution is 0.391. The maximum Gasteiger partial charge on any atom is 0.122 e. The molecule has 0 unspecified atom stereocenters. The van der Waals surface area contributed by atoms with E-state index in [9.17, 15) is 0 Å². The van der Waals surface area contributed by atoms with Gasteiger partial charge in [-0.1, -0.05) is 48.5 Å². The molecule has 58 heavy (non-hydrogen) atoms. The second-order valence-electron chi connectivity index (χ2n) is 14.6. The number of benzene rings is 6. The van der Waals surface area contributed by atoms with E-state index in [4.69, 9.17) is 37.9 Å². The third-order valence-corrected chi connectivity index (χ3v) is 11.1. The Morgan fingerprint density at radius 3 is 0.500 bits per heavy atom. The van der Waals surface area contributed by atoms with Crippen molar-refractivity contribution in [2.45, 2.75) is 38.5 Å². The van der Waals surface area contributed by atoms with Crippen LogP contribution in [0.3, 0.4) is 0 Å². The predicted molar refractivity (Wildman–Crippen MR) is 228 cm³/mol. The van der Waals surface area contributed by atoms with Gasteiger partial charge in [0, 0.05) is 83.0 Å². The fourth-order valence-electron chi connectivity index (χ4n) is 8.04. The van der Waals surface area contributed by atoms with Gasteiger partial charge in [-0.15, -0.1) is 0 Å². The SMILES string of the molecule is COc1cc2c(OC)cc1Cc1ccc(cc1)Cc1cc(OC)c(cc1OC)Cc1cc(OC)c(cc1OC)Cc1ccc(cc1)Cc1cc(OC)c(cc1OC)C2. The Labute approximate surface area is 342 Å². The van der Waals surface area contributed by atoms with Crippen LogP contribution in [0.5, 0.6) is 46.0 Å². The average molecular weight is 781 g/mol. The Bertz CT molecular complexity index is 2050. The van der Waals surface area contributed by atoms with Crippen LogP contribution in [-0.4, -0.2) is 56.9 Å². The zero-order chi connectivity index (χ0) is 40.8. The van der Waals surface area contributed by atoms with Crippen molar-refractivity contribution in [3.63, 3.8) is 0 Å². The molecule has 16 aliphatic rings. The minimum Gasteiger partial charge on any atom is -0.496 e. The van der Waals surface area contributed by atoms with Crippen molar-refractivity contribution < 1.29 is 37.9 Å². The highest BCUT2D eigenvalue weighted by molar-refractivity contribution is 5.56. The summed E-state index contributed by atoms with van der Waals surface area (Å²) in [6.45, 7) is 0. The molecule has 0 amide bonds. The molecular formula is C50H52O8. The smallest absolute Gasteiger partial charge is 0.122 e. The fraction of sp³-hybridized carbons (Fsp3) is 0.280. The maximum atomic E-state index is 5.98. The largest absolute Gasteiger partial charge is 0.496 e. The zero-order valence-electron chi connectivity index (χ0n) is 34.7. The lowest BCUT2D eigenvalue weighted by Gasteiger charge is -2.19. The minimum absolute atomic E-state index is 0.563. The Balaban J connectivity index is 1.32. The quantitative estimate of drug-likeness (QED) is 0.151. The molecule has 300 valence electrons. The third-order valence-electron chi connectivity index (χ3n) is 11.1. The first kappa shape index (κ1) is 39.9. The molecule has 0 saturated carbocycles. The summed E-state index contributed by atoms with van der Waals surface area (Å²) in [5.74, 6) is 6.34. The Hall–Kier alpha value is -6.28. The van der Waals surface area contributed by atoms with Gasteiger partial charge in [-0.3, -0.25) is 0 Å². The van der Waals surface area contributed by atoms with Crippen molar-refractivity contribution in [2.75, 3.05) is 56.9 Å². The number of hydrogen-bond acceptors (Lipinski definition) is 8. The maximum absolute atomic E-state index is 5.98. The second kappa shape index (κ2) is 17.9. The Morgan fingerprint density at radius 2 is 0.362 bits per heavy atom. The van der Waals surface area contributed by atoms with Crippen LogP contribution in [0.4, 0.5) is 0 Å². The third kappa shape index (κ3) is 8.52. The first-order valence-corrected chi connectivity index (χ1v) is 19.4. The molecule has 0 atom stereocenters. The van der Waals surface area contributed by atoms with E-state index >= 15 is 0 Å². The van der Waals surface area contributed by atoms with E-state index in [1.807, 2.05) is 0 Å². The molecule has 0 aliphatic heterocycles. The predicted octanol–water partition coefficient (Wildman–Crippen LogP) is 9.61. The van der Waals surface area contributed by atoms with E-state index in [1.54, 1.807) is 56.9 Å². The molecule has 0 spiro atoms. The molecule has 6 aromatic carbocycles. The lowest BCUT2D eigenvalue weighted by Crippen LogP contribution is -2.04. The van der Waals surface area contributed by atoms with Crippen molar-refractivity contribution in [1.29, 1.82) is 0 Å². The molecule has 16 aliphatic carbocycles. The van der Waals surface area contributed by atoms with Crippen LogP contribution in [0.1, 0.15) is 66.8 Å². The Kier molecular flexibility index (Phi) is 12.3. The molecule has 0 N–H and O–H groups in total. The minimum atomic E-state index is 0.563. The highest BCUT2D eigenvalue weighted by Gasteiger charge is 2.20. The summed E-state index contributed by atoms with van der Waals surface area (Å²) in [5, 5.41) is 0. The highest BCUT2D eigenvalue weighted by Crippen LogP contribution is 2.39. The van der Waals surface area contributed by atoms with Crippen molar-refractivity contribution in [3.8, 4) is 46.0 Å². The van der Waals surface area contributed by atoms with E-state index in [1.165, 1.54) is 0 Å². The molecule has 0 saturated heterocycles. The summed E-state index contributed by atoms with van der Waals surface area (Å²) >= 11 is 0. The highest BCUT2D eigenvalue weighted by atomic mass is 16.5. The van der Waals surface area contributed by atoms with Gasteiger partial charge in [-0.25, -0.2) is 0 Å².